The van der Waals surface area contributed by atoms with Crippen molar-refractivity contribution >= 4 is 34.0 Å². The van der Waals surface area contributed by atoms with Crippen molar-refractivity contribution in [2.24, 2.45) is 0 Å². The number of methoxy groups -OCH3 is 2. The van der Waals surface area contributed by atoms with Gasteiger partial charge in [-0.25, -0.2) is 14.4 Å². The number of anilines is 1. The number of carbonyl (C=O) groups is 1. The van der Waals surface area contributed by atoms with Crippen molar-refractivity contribution < 1.29 is 18.7 Å². The van der Waals surface area contributed by atoms with Gasteiger partial charge in [0.25, 0.3) is 0 Å². The van der Waals surface area contributed by atoms with Crippen LogP contribution in [-0.4, -0.2) is 42.7 Å². The van der Waals surface area contributed by atoms with E-state index in [2.05, 4.69) is 38.9 Å². The summed E-state index contributed by atoms with van der Waals surface area (Å²) >= 11 is 1.62. The second-order valence-corrected chi connectivity index (χ2v) is 10.7. The van der Waals surface area contributed by atoms with E-state index in [-0.39, 0.29) is 30.4 Å². The molecule has 1 amide bonds. The summed E-state index contributed by atoms with van der Waals surface area (Å²) in [4.78, 5) is 23.8. The van der Waals surface area contributed by atoms with Gasteiger partial charge < -0.3 is 25.4 Å². The summed E-state index contributed by atoms with van der Waals surface area (Å²) in [6.07, 6.45) is 1.81. The number of aromatic nitrogens is 2. The molecule has 0 aliphatic carbocycles. The maximum absolute atomic E-state index is 14.2. The highest BCUT2D eigenvalue weighted by molar-refractivity contribution is 7.15. The highest BCUT2D eigenvalue weighted by atomic mass is 32.1. The minimum absolute atomic E-state index is 0.0472. The number of nitrogens with one attached hydrogen (secondary N) is 3. The summed E-state index contributed by atoms with van der Waals surface area (Å²) < 4.78 is 25.1. The van der Waals surface area contributed by atoms with Crippen LogP contribution >= 0.6 is 11.3 Å². The van der Waals surface area contributed by atoms with Crippen molar-refractivity contribution in [3.05, 3.63) is 64.5 Å². The van der Waals surface area contributed by atoms with Crippen molar-refractivity contribution in [1.29, 1.82) is 0 Å². The second-order valence-electron chi connectivity index (χ2n) is 9.58. The number of amides is 1. The first-order valence-corrected chi connectivity index (χ1v) is 13.7. The fraction of sp³-hybridized carbons (Fsp3) is 0.345. The van der Waals surface area contributed by atoms with Crippen molar-refractivity contribution in [2.75, 3.05) is 26.1 Å². The lowest BCUT2D eigenvalue weighted by Crippen LogP contribution is -2.40. The van der Waals surface area contributed by atoms with Crippen molar-refractivity contribution in [3.63, 3.8) is 0 Å². The Bertz CT molecular complexity index is 1500. The summed E-state index contributed by atoms with van der Waals surface area (Å²) in [7, 11) is 3.20. The summed E-state index contributed by atoms with van der Waals surface area (Å²) in [5.41, 5.74) is 2.40. The predicted molar refractivity (Wildman–Crippen MR) is 152 cm³/mol. The standard InChI is InChI=1S/C29H32FN5O3S/c1-16(33-28-21-13-24(37-3)25(38-4)14-23(21)34-17(2)35-28)26-9-10-27(39-26)20-8-7-19(30)12-18(20)15-32-29(36)22-6-5-11-31-22/h7-10,12-14,16,22,31H,5-6,11,15H2,1-4H3,(H,32,36)(H,33,34,35)/t16?,22-/m0/s1. The lowest BCUT2D eigenvalue weighted by molar-refractivity contribution is -0.122. The van der Waals surface area contributed by atoms with Crippen molar-refractivity contribution in [3.8, 4) is 21.9 Å². The molecule has 0 saturated carbocycles. The Morgan fingerprint density at radius 3 is 2.69 bits per heavy atom. The van der Waals surface area contributed by atoms with Gasteiger partial charge >= 0.3 is 0 Å². The highest BCUT2D eigenvalue weighted by Crippen LogP contribution is 2.37. The number of nitrogens with zero attached hydrogens (tertiary/aromatic N) is 2. The number of aryl methyl sites for hydroxylation is 1. The molecule has 8 nitrogen and oxygen atoms in total. The van der Waals surface area contributed by atoms with Crippen LogP contribution in [0.5, 0.6) is 11.5 Å². The Kier molecular flexibility index (Phi) is 7.94. The number of benzene rings is 2. The number of rotatable bonds is 9. The van der Waals surface area contributed by atoms with E-state index in [1.54, 1.807) is 31.6 Å². The molecule has 3 heterocycles. The predicted octanol–water partition coefficient (Wildman–Crippen LogP) is 5.36. The molecule has 1 aliphatic heterocycles. The number of ether oxygens (including phenoxy) is 2. The molecule has 2 atom stereocenters. The lowest BCUT2D eigenvalue weighted by atomic mass is 10.1. The van der Waals surface area contributed by atoms with Crippen LogP contribution in [0.2, 0.25) is 0 Å². The lowest BCUT2D eigenvalue weighted by Gasteiger charge is -2.17. The van der Waals surface area contributed by atoms with E-state index in [1.807, 2.05) is 25.1 Å². The van der Waals surface area contributed by atoms with Crippen LogP contribution in [0.3, 0.4) is 0 Å². The second kappa shape index (κ2) is 11.5. The van der Waals surface area contributed by atoms with Gasteiger partial charge in [-0.3, -0.25) is 4.79 Å². The van der Waals surface area contributed by atoms with Gasteiger partial charge in [0.05, 0.1) is 31.8 Å². The van der Waals surface area contributed by atoms with Gasteiger partial charge in [-0.1, -0.05) is 6.07 Å². The molecule has 2 aromatic carbocycles. The van der Waals surface area contributed by atoms with Gasteiger partial charge in [-0.15, -0.1) is 11.3 Å². The molecular weight excluding hydrogens is 517 g/mol. The molecule has 5 rings (SSSR count). The third-order valence-corrected chi connectivity index (χ3v) is 8.18. The van der Waals surface area contributed by atoms with Crippen LogP contribution in [0.1, 0.15) is 42.1 Å². The molecule has 1 fully saturated rings. The van der Waals surface area contributed by atoms with Crippen LogP contribution in [0.15, 0.2) is 42.5 Å². The summed E-state index contributed by atoms with van der Waals surface area (Å²) in [5, 5.41) is 10.5. The monoisotopic (exact) mass is 549 g/mol. The molecule has 0 bridgehead atoms. The maximum Gasteiger partial charge on any atom is 0.237 e. The Morgan fingerprint density at radius 2 is 1.95 bits per heavy atom. The number of fused-ring (bicyclic) bond motifs is 1. The van der Waals surface area contributed by atoms with E-state index in [1.165, 1.54) is 12.1 Å². The van der Waals surface area contributed by atoms with E-state index in [9.17, 15) is 9.18 Å². The third kappa shape index (κ3) is 5.81. The van der Waals surface area contributed by atoms with Gasteiger partial charge in [0, 0.05) is 27.8 Å². The minimum atomic E-state index is -0.327. The molecule has 3 N–H and O–H groups in total. The quantitative estimate of drug-likeness (QED) is 0.258. The molecular formula is C29H32FN5O3S. The molecule has 2 aromatic heterocycles. The zero-order valence-corrected chi connectivity index (χ0v) is 23.2. The van der Waals surface area contributed by atoms with Gasteiger partial charge in [-0.2, -0.15) is 0 Å². The van der Waals surface area contributed by atoms with Crippen LogP contribution in [0.4, 0.5) is 10.2 Å². The fourth-order valence-corrected chi connectivity index (χ4v) is 5.92. The maximum atomic E-state index is 14.2. The van der Waals surface area contributed by atoms with E-state index in [4.69, 9.17) is 9.47 Å². The molecule has 1 saturated heterocycles. The fourth-order valence-electron chi connectivity index (χ4n) is 4.85. The Labute approximate surface area is 231 Å². The van der Waals surface area contributed by atoms with Crippen molar-refractivity contribution in [2.45, 2.75) is 45.3 Å². The average Bonchev–Trinajstić information content (AvgIpc) is 3.64. The summed E-state index contributed by atoms with van der Waals surface area (Å²) in [6, 6.07) is 12.3. The SMILES string of the molecule is COc1cc2nc(C)nc(NC(C)c3ccc(-c4ccc(F)cc4CNC(=O)[C@@H]4CCCN4)s3)c2cc1OC. The largest absolute Gasteiger partial charge is 0.493 e. The minimum Gasteiger partial charge on any atom is -0.493 e. The highest BCUT2D eigenvalue weighted by Gasteiger charge is 2.22. The molecule has 1 aliphatic rings. The zero-order chi connectivity index (χ0) is 27.5. The first kappa shape index (κ1) is 26.8. The summed E-state index contributed by atoms with van der Waals surface area (Å²) in [5.74, 6) is 2.18. The van der Waals surface area contributed by atoms with Crippen molar-refractivity contribution in [1.82, 2.24) is 20.6 Å². The number of thiophene rings is 1. The number of halogens is 1. The number of carbonyl (C=O) groups excluding carboxylic acids is 1. The van der Waals surface area contributed by atoms with E-state index in [0.29, 0.717) is 23.1 Å². The van der Waals surface area contributed by atoms with Crippen LogP contribution in [-0.2, 0) is 11.3 Å². The van der Waals surface area contributed by atoms with E-state index in [0.717, 1.165) is 51.2 Å². The van der Waals surface area contributed by atoms with E-state index < -0.39 is 0 Å². The van der Waals surface area contributed by atoms with E-state index >= 15 is 0 Å². The normalized spacial score (nSPS) is 15.8. The van der Waals surface area contributed by atoms with Gasteiger partial charge in [0.2, 0.25) is 5.91 Å². The van der Waals surface area contributed by atoms with Crippen LogP contribution in [0, 0.1) is 12.7 Å². The Hall–Kier alpha value is -3.76. The number of hydrogen-bond donors (Lipinski definition) is 3. The molecule has 0 spiro atoms. The Morgan fingerprint density at radius 1 is 1.15 bits per heavy atom. The molecule has 4 aromatic rings. The van der Waals surface area contributed by atoms with Gasteiger partial charge in [0.1, 0.15) is 17.5 Å². The third-order valence-electron chi connectivity index (χ3n) is 6.88. The number of hydrogen-bond acceptors (Lipinski definition) is 8. The molecule has 0 radical (unpaired) electrons. The smallest absolute Gasteiger partial charge is 0.237 e. The molecule has 204 valence electrons. The van der Waals surface area contributed by atoms with Gasteiger partial charge in [0.15, 0.2) is 11.5 Å². The molecule has 1 unspecified atom stereocenters. The Balaban J connectivity index is 1.38. The van der Waals surface area contributed by atoms with Crippen LogP contribution in [0.25, 0.3) is 21.3 Å². The topological polar surface area (TPSA) is 97.4 Å². The zero-order valence-electron chi connectivity index (χ0n) is 22.4. The average molecular weight is 550 g/mol. The summed E-state index contributed by atoms with van der Waals surface area (Å²) in [6.45, 7) is 5.04. The first-order valence-electron chi connectivity index (χ1n) is 12.9. The van der Waals surface area contributed by atoms with Gasteiger partial charge in [-0.05, 0) is 74.7 Å². The molecule has 10 heteroatoms. The first-order chi connectivity index (χ1) is 18.9. The molecule has 39 heavy (non-hydrogen) atoms. The van der Waals surface area contributed by atoms with Crippen LogP contribution < -0.4 is 25.4 Å².